The van der Waals surface area contributed by atoms with Crippen LogP contribution in [-0.4, -0.2) is 40.6 Å². The monoisotopic (exact) mass is 298 g/mol. The first-order valence-corrected chi connectivity index (χ1v) is 7.95. The van der Waals surface area contributed by atoms with Gasteiger partial charge in [0.15, 0.2) is 0 Å². The lowest BCUT2D eigenvalue weighted by Gasteiger charge is -2.18. The van der Waals surface area contributed by atoms with Crippen LogP contribution in [0.3, 0.4) is 0 Å². The van der Waals surface area contributed by atoms with Gasteiger partial charge in [-0.1, -0.05) is 18.2 Å². The van der Waals surface area contributed by atoms with Gasteiger partial charge >= 0.3 is 0 Å². The molecule has 1 aliphatic heterocycles. The van der Waals surface area contributed by atoms with E-state index in [1.807, 2.05) is 42.2 Å². The average molecular weight is 298 g/mol. The highest BCUT2D eigenvalue weighted by atomic mass is 16.2. The third-order valence-corrected chi connectivity index (χ3v) is 4.49. The molecule has 1 fully saturated rings. The molecule has 0 spiro atoms. The van der Waals surface area contributed by atoms with E-state index in [9.17, 15) is 4.79 Å². The van der Waals surface area contributed by atoms with Crippen molar-refractivity contribution < 1.29 is 9.90 Å². The van der Waals surface area contributed by atoms with Gasteiger partial charge in [-0.3, -0.25) is 9.78 Å². The van der Waals surface area contributed by atoms with Gasteiger partial charge in [-0.2, -0.15) is 0 Å². The van der Waals surface area contributed by atoms with Gasteiger partial charge in [0.25, 0.3) is 5.91 Å². The Morgan fingerprint density at radius 2 is 2.23 bits per heavy atom. The molecular formula is C18H22N2O2. The van der Waals surface area contributed by atoms with Crippen molar-refractivity contribution in [2.75, 3.05) is 19.7 Å². The molecule has 4 heteroatoms. The van der Waals surface area contributed by atoms with Gasteiger partial charge in [0.05, 0.1) is 16.8 Å². The predicted molar refractivity (Wildman–Crippen MR) is 86.8 cm³/mol. The van der Waals surface area contributed by atoms with E-state index in [4.69, 9.17) is 5.11 Å². The summed E-state index contributed by atoms with van der Waals surface area (Å²) in [5.41, 5.74) is 2.43. The Bertz CT molecular complexity index is 684. The molecule has 116 valence electrons. The lowest BCUT2D eigenvalue weighted by molar-refractivity contribution is 0.0785. The molecule has 0 saturated carbocycles. The fourth-order valence-electron chi connectivity index (χ4n) is 3.23. The quantitative estimate of drug-likeness (QED) is 0.944. The molecular weight excluding hydrogens is 276 g/mol. The summed E-state index contributed by atoms with van der Waals surface area (Å²) < 4.78 is 0. The second-order valence-corrected chi connectivity index (χ2v) is 6.09. The number of para-hydroxylation sites is 1. The van der Waals surface area contributed by atoms with Gasteiger partial charge in [0.2, 0.25) is 0 Å². The van der Waals surface area contributed by atoms with Crippen LogP contribution in [-0.2, 0) is 0 Å². The van der Waals surface area contributed by atoms with E-state index in [0.29, 0.717) is 11.5 Å². The normalized spacial score (nSPS) is 18.1. The van der Waals surface area contributed by atoms with Crippen molar-refractivity contribution in [3.05, 3.63) is 41.6 Å². The number of aliphatic hydroxyl groups excluding tert-OH is 1. The predicted octanol–water partition coefficient (Wildman–Crippen LogP) is 2.78. The summed E-state index contributed by atoms with van der Waals surface area (Å²) in [5, 5.41) is 9.93. The maximum Gasteiger partial charge on any atom is 0.255 e. The minimum absolute atomic E-state index is 0.0854. The molecule has 1 unspecified atom stereocenters. The van der Waals surface area contributed by atoms with E-state index in [1.54, 1.807) is 0 Å². The number of aliphatic hydroxyl groups is 1. The second kappa shape index (κ2) is 6.44. The zero-order valence-electron chi connectivity index (χ0n) is 13.0. The molecule has 1 aromatic carbocycles. The zero-order chi connectivity index (χ0) is 15.5. The number of carbonyl (C=O) groups excluding carboxylic acids is 1. The number of aromatic nitrogens is 1. The number of amides is 1. The average Bonchev–Trinajstić information content (AvgIpc) is 3.00. The smallest absolute Gasteiger partial charge is 0.255 e. The lowest BCUT2D eigenvalue weighted by Crippen LogP contribution is -2.29. The molecule has 1 atom stereocenters. The molecule has 22 heavy (non-hydrogen) atoms. The number of carbonyl (C=O) groups is 1. The van der Waals surface area contributed by atoms with E-state index < -0.39 is 0 Å². The maximum absolute atomic E-state index is 12.8. The van der Waals surface area contributed by atoms with Crippen LogP contribution in [0, 0.1) is 12.8 Å². The van der Waals surface area contributed by atoms with Gasteiger partial charge in [0, 0.05) is 25.1 Å². The Morgan fingerprint density at radius 1 is 1.41 bits per heavy atom. The van der Waals surface area contributed by atoms with Crippen LogP contribution < -0.4 is 0 Å². The highest BCUT2D eigenvalue weighted by Crippen LogP contribution is 2.24. The number of benzene rings is 1. The molecule has 1 saturated heterocycles. The van der Waals surface area contributed by atoms with Crippen LogP contribution >= 0.6 is 0 Å². The van der Waals surface area contributed by atoms with Crippen molar-refractivity contribution in [1.82, 2.24) is 9.88 Å². The standard InChI is InChI=1S/C18H22N2O2/c1-13-16(11-15-6-2-3-7-17(15)19-13)18(22)20-9-8-14(12-20)5-4-10-21/h2-3,6-7,11,14,21H,4-5,8-10,12H2,1H3. The van der Waals surface area contributed by atoms with Crippen molar-refractivity contribution >= 4 is 16.8 Å². The minimum atomic E-state index is 0.0854. The fraction of sp³-hybridized carbons (Fsp3) is 0.444. The summed E-state index contributed by atoms with van der Waals surface area (Å²) in [4.78, 5) is 19.3. The third kappa shape index (κ3) is 2.97. The fourth-order valence-corrected chi connectivity index (χ4v) is 3.23. The SMILES string of the molecule is Cc1nc2ccccc2cc1C(=O)N1CCC(CCCO)C1. The van der Waals surface area contributed by atoms with Crippen molar-refractivity contribution in [2.45, 2.75) is 26.2 Å². The summed E-state index contributed by atoms with van der Waals surface area (Å²) in [6.07, 6.45) is 2.85. The van der Waals surface area contributed by atoms with Gasteiger partial charge in [-0.15, -0.1) is 0 Å². The number of rotatable bonds is 4. The number of nitrogens with zero attached hydrogens (tertiary/aromatic N) is 2. The molecule has 0 radical (unpaired) electrons. The Morgan fingerprint density at radius 3 is 3.05 bits per heavy atom. The van der Waals surface area contributed by atoms with Gasteiger partial charge < -0.3 is 10.0 Å². The van der Waals surface area contributed by atoms with Crippen molar-refractivity contribution in [3.8, 4) is 0 Å². The van der Waals surface area contributed by atoms with Crippen LogP contribution in [0.4, 0.5) is 0 Å². The highest BCUT2D eigenvalue weighted by Gasteiger charge is 2.27. The molecule has 1 amide bonds. The van der Waals surface area contributed by atoms with Gasteiger partial charge in [0.1, 0.15) is 0 Å². The lowest BCUT2D eigenvalue weighted by atomic mass is 10.0. The van der Waals surface area contributed by atoms with Crippen LogP contribution in [0.25, 0.3) is 10.9 Å². The van der Waals surface area contributed by atoms with Crippen LogP contribution in [0.2, 0.25) is 0 Å². The first-order chi connectivity index (χ1) is 10.7. The first kappa shape index (κ1) is 15.0. The van der Waals surface area contributed by atoms with Crippen molar-refractivity contribution in [1.29, 1.82) is 0 Å². The Kier molecular flexibility index (Phi) is 4.39. The largest absolute Gasteiger partial charge is 0.396 e. The topological polar surface area (TPSA) is 53.4 Å². The van der Waals surface area contributed by atoms with Crippen LogP contribution in [0.5, 0.6) is 0 Å². The number of hydrogen-bond donors (Lipinski definition) is 1. The van der Waals surface area contributed by atoms with E-state index in [-0.39, 0.29) is 12.5 Å². The molecule has 2 aromatic rings. The molecule has 3 rings (SSSR count). The molecule has 4 nitrogen and oxygen atoms in total. The van der Waals surface area contributed by atoms with E-state index in [1.165, 1.54) is 0 Å². The number of hydrogen-bond acceptors (Lipinski definition) is 3. The van der Waals surface area contributed by atoms with E-state index in [0.717, 1.165) is 48.9 Å². The Balaban J connectivity index is 1.79. The molecule has 1 aliphatic rings. The van der Waals surface area contributed by atoms with Gasteiger partial charge in [-0.05, 0) is 44.2 Å². The third-order valence-electron chi connectivity index (χ3n) is 4.49. The van der Waals surface area contributed by atoms with Gasteiger partial charge in [-0.25, -0.2) is 0 Å². The first-order valence-electron chi connectivity index (χ1n) is 7.95. The number of likely N-dealkylation sites (tertiary alicyclic amines) is 1. The molecule has 2 heterocycles. The van der Waals surface area contributed by atoms with Crippen molar-refractivity contribution in [2.24, 2.45) is 5.92 Å². The summed E-state index contributed by atoms with van der Waals surface area (Å²) in [6.45, 7) is 3.74. The van der Waals surface area contributed by atoms with E-state index in [2.05, 4.69) is 4.98 Å². The summed E-state index contributed by atoms with van der Waals surface area (Å²) in [6, 6.07) is 9.85. The second-order valence-electron chi connectivity index (χ2n) is 6.09. The number of pyridine rings is 1. The molecule has 0 bridgehead atoms. The van der Waals surface area contributed by atoms with Crippen LogP contribution in [0.1, 0.15) is 35.3 Å². The zero-order valence-corrected chi connectivity index (χ0v) is 13.0. The summed E-state index contributed by atoms with van der Waals surface area (Å²) >= 11 is 0. The number of fused-ring (bicyclic) bond motifs is 1. The highest BCUT2D eigenvalue weighted by molar-refractivity contribution is 5.98. The summed E-state index contributed by atoms with van der Waals surface area (Å²) in [7, 11) is 0. The summed E-state index contributed by atoms with van der Waals surface area (Å²) in [5.74, 6) is 0.604. The number of aryl methyl sites for hydroxylation is 1. The Labute approximate surface area is 130 Å². The molecule has 1 N–H and O–H groups in total. The maximum atomic E-state index is 12.8. The Hall–Kier alpha value is -1.94. The molecule has 0 aliphatic carbocycles. The van der Waals surface area contributed by atoms with Crippen molar-refractivity contribution in [3.63, 3.8) is 0 Å². The minimum Gasteiger partial charge on any atom is -0.396 e. The van der Waals surface area contributed by atoms with Crippen LogP contribution in [0.15, 0.2) is 30.3 Å². The molecule has 1 aromatic heterocycles. The van der Waals surface area contributed by atoms with E-state index >= 15 is 0 Å².